The second-order valence-corrected chi connectivity index (χ2v) is 4.01. The molecule has 4 nitrogen and oxygen atoms in total. The molecule has 0 unspecified atom stereocenters. The molecule has 0 saturated heterocycles. The van der Waals surface area contributed by atoms with E-state index < -0.39 is 11.8 Å². The van der Waals surface area contributed by atoms with Crippen LogP contribution < -0.4 is 5.32 Å². The van der Waals surface area contributed by atoms with E-state index in [2.05, 4.69) is 15.0 Å². The number of ether oxygens (including phenoxy) is 1. The number of methoxy groups -OCH3 is 1. The van der Waals surface area contributed by atoms with Crippen molar-refractivity contribution in [1.82, 2.24) is 4.98 Å². The molecule has 1 N–H and O–H groups in total. The Labute approximate surface area is 114 Å². The quantitative estimate of drug-likeness (QED) is 0.691. The molecular weight excluding hydrogens is 271 g/mol. The summed E-state index contributed by atoms with van der Waals surface area (Å²) in [5.41, 5.74) is 0.373. The lowest BCUT2D eigenvalue weighted by Crippen LogP contribution is -2.08. The first-order valence-corrected chi connectivity index (χ1v) is 5.76. The Hall–Kier alpha value is -2.14. The highest BCUT2D eigenvalue weighted by Crippen LogP contribution is 2.23. The van der Waals surface area contributed by atoms with Crippen LogP contribution in [-0.2, 0) is 4.74 Å². The predicted octanol–water partition coefficient (Wildman–Crippen LogP) is 3.40. The number of aromatic nitrogens is 1. The van der Waals surface area contributed by atoms with E-state index in [1.54, 1.807) is 12.1 Å². The summed E-state index contributed by atoms with van der Waals surface area (Å²) in [6, 6.07) is 8.97. The third-order valence-electron chi connectivity index (χ3n) is 2.39. The van der Waals surface area contributed by atoms with Crippen LogP contribution in [0.1, 0.15) is 10.4 Å². The second-order valence-electron chi connectivity index (χ2n) is 3.63. The Kier molecular flexibility index (Phi) is 3.97. The van der Waals surface area contributed by atoms with Crippen molar-refractivity contribution in [3.05, 3.63) is 52.9 Å². The fourth-order valence-electron chi connectivity index (χ4n) is 1.50. The van der Waals surface area contributed by atoms with Gasteiger partial charge in [-0.3, -0.25) is 0 Å². The van der Waals surface area contributed by atoms with Crippen LogP contribution in [0.2, 0.25) is 5.15 Å². The average molecular weight is 281 g/mol. The number of esters is 1. The van der Waals surface area contributed by atoms with E-state index in [1.807, 2.05) is 0 Å². The highest BCUT2D eigenvalue weighted by atomic mass is 35.5. The van der Waals surface area contributed by atoms with Crippen molar-refractivity contribution in [3.63, 3.8) is 0 Å². The molecule has 0 amide bonds. The van der Waals surface area contributed by atoms with Crippen molar-refractivity contribution in [3.8, 4) is 0 Å². The lowest BCUT2D eigenvalue weighted by Gasteiger charge is -2.10. The number of hydrogen-bond acceptors (Lipinski definition) is 4. The highest BCUT2D eigenvalue weighted by Gasteiger charge is 2.15. The van der Waals surface area contributed by atoms with E-state index in [4.69, 9.17) is 11.6 Å². The number of para-hydroxylation sites is 1. The second kappa shape index (κ2) is 5.67. The average Bonchev–Trinajstić information content (AvgIpc) is 2.41. The third-order valence-corrected chi connectivity index (χ3v) is 2.60. The number of pyridine rings is 1. The normalized spacial score (nSPS) is 10.1. The molecule has 1 heterocycles. The monoisotopic (exact) mass is 280 g/mol. The molecule has 2 rings (SSSR count). The minimum Gasteiger partial charge on any atom is -0.465 e. The molecule has 2 aromatic rings. The summed E-state index contributed by atoms with van der Waals surface area (Å²) in [5, 5.41) is 2.91. The van der Waals surface area contributed by atoms with Crippen LogP contribution >= 0.6 is 11.6 Å². The zero-order valence-electron chi connectivity index (χ0n) is 9.98. The van der Waals surface area contributed by atoms with Crippen molar-refractivity contribution in [1.29, 1.82) is 0 Å². The SMILES string of the molecule is COC(=O)c1ccc(Cl)nc1Nc1ccccc1F. The standard InChI is InChI=1S/C13H10ClFN2O2/c1-19-13(18)8-6-7-11(14)17-12(8)16-10-5-3-2-4-9(10)15/h2-7H,1H3,(H,16,17). The van der Waals surface area contributed by atoms with Gasteiger partial charge in [0.25, 0.3) is 0 Å². The number of carbonyl (C=O) groups excluding carboxylic acids is 1. The van der Waals surface area contributed by atoms with Crippen LogP contribution in [0.3, 0.4) is 0 Å². The van der Waals surface area contributed by atoms with Gasteiger partial charge in [-0.15, -0.1) is 0 Å². The predicted molar refractivity (Wildman–Crippen MR) is 70.3 cm³/mol. The van der Waals surface area contributed by atoms with Gasteiger partial charge >= 0.3 is 5.97 Å². The lowest BCUT2D eigenvalue weighted by molar-refractivity contribution is 0.0601. The van der Waals surface area contributed by atoms with Gasteiger partial charge in [-0.05, 0) is 24.3 Å². The Morgan fingerprint density at radius 2 is 2.05 bits per heavy atom. The number of carbonyl (C=O) groups is 1. The summed E-state index contributed by atoms with van der Waals surface area (Å²) in [6.07, 6.45) is 0. The van der Waals surface area contributed by atoms with Crippen LogP contribution in [0.5, 0.6) is 0 Å². The molecule has 0 atom stereocenters. The Morgan fingerprint density at radius 1 is 1.32 bits per heavy atom. The topological polar surface area (TPSA) is 51.2 Å². The molecule has 0 bridgehead atoms. The van der Waals surface area contributed by atoms with Crippen molar-refractivity contribution in [2.24, 2.45) is 0 Å². The Balaban J connectivity index is 2.41. The molecule has 0 fully saturated rings. The molecule has 0 saturated carbocycles. The van der Waals surface area contributed by atoms with Gasteiger partial charge in [-0.25, -0.2) is 14.2 Å². The fourth-order valence-corrected chi connectivity index (χ4v) is 1.64. The maximum atomic E-state index is 13.6. The van der Waals surface area contributed by atoms with E-state index in [0.717, 1.165) is 0 Å². The molecule has 6 heteroatoms. The number of hydrogen-bond donors (Lipinski definition) is 1. The maximum absolute atomic E-state index is 13.6. The summed E-state index contributed by atoms with van der Waals surface area (Å²) in [5.74, 6) is -0.896. The molecule has 98 valence electrons. The van der Waals surface area contributed by atoms with E-state index in [0.29, 0.717) is 0 Å². The summed E-state index contributed by atoms with van der Waals surface area (Å²) in [7, 11) is 1.25. The number of benzene rings is 1. The van der Waals surface area contributed by atoms with Crippen LogP contribution in [0.15, 0.2) is 36.4 Å². The molecule has 0 aliphatic carbocycles. The number of anilines is 2. The van der Waals surface area contributed by atoms with E-state index in [9.17, 15) is 9.18 Å². The van der Waals surface area contributed by atoms with Crippen LogP contribution in [0.25, 0.3) is 0 Å². The van der Waals surface area contributed by atoms with Gasteiger partial charge < -0.3 is 10.1 Å². The Morgan fingerprint density at radius 3 is 2.74 bits per heavy atom. The summed E-state index contributed by atoms with van der Waals surface area (Å²) in [6.45, 7) is 0. The first kappa shape index (κ1) is 13.3. The molecule has 0 radical (unpaired) electrons. The molecule has 1 aromatic carbocycles. The summed E-state index contributed by atoms with van der Waals surface area (Å²) >= 11 is 5.77. The molecule has 1 aromatic heterocycles. The fraction of sp³-hybridized carbons (Fsp3) is 0.0769. The van der Waals surface area contributed by atoms with Gasteiger partial charge in [0.2, 0.25) is 0 Å². The van der Waals surface area contributed by atoms with Gasteiger partial charge in [0.05, 0.1) is 12.8 Å². The van der Waals surface area contributed by atoms with E-state index in [1.165, 1.54) is 31.4 Å². The minimum absolute atomic E-state index is 0.143. The number of rotatable bonds is 3. The molecule has 0 spiro atoms. The van der Waals surface area contributed by atoms with Gasteiger partial charge in [-0.1, -0.05) is 23.7 Å². The first-order valence-electron chi connectivity index (χ1n) is 5.38. The van der Waals surface area contributed by atoms with Crippen molar-refractivity contribution in [2.45, 2.75) is 0 Å². The maximum Gasteiger partial charge on any atom is 0.341 e. The summed E-state index contributed by atoms with van der Waals surface area (Å²) < 4.78 is 18.2. The minimum atomic E-state index is -0.581. The largest absolute Gasteiger partial charge is 0.465 e. The molecular formula is C13H10ClFN2O2. The highest BCUT2D eigenvalue weighted by molar-refractivity contribution is 6.29. The number of nitrogens with one attached hydrogen (secondary N) is 1. The van der Waals surface area contributed by atoms with Gasteiger partial charge in [0.1, 0.15) is 22.4 Å². The van der Waals surface area contributed by atoms with Crippen LogP contribution in [0, 0.1) is 5.82 Å². The smallest absolute Gasteiger partial charge is 0.341 e. The third kappa shape index (κ3) is 3.00. The van der Waals surface area contributed by atoms with Crippen molar-refractivity contribution < 1.29 is 13.9 Å². The van der Waals surface area contributed by atoms with Crippen molar-refractivity contribution >= 4 is 29.1 Å². The van der Waals surface area contributed by atoms with Gasteiger partial charge in [-0.2, -0.15) is 0 Å². The molecule has 0 aliphatic rings. The number of nitrogens with zero attached hydrogens (tertiary/aromatic N) is 1. The zero-order valence-corrected chi connectivity index (χ0v) is 10.7. The van der Waals surface area contributed by atoms with Crippen molar-refractivity contribution in [2.75, 3.05) is 12.4 Å². The first-order chi connectivity index (χ1) is 9.11. The van der Waals surface area contributed by atoms with Gasteiger partial charge in [0, 0.05) is 0 Å². The summed E-state index contributed by atoms with van der Waals surface area (Å²) in [4.78, 5) is 15.5. The van der Waals surface area contributed by atoms with Gasteiger partial charge in [0.15, 0.2) is 0 Å². The molecule has 19 heavy (non-hydrogen) atoms. The number of halogens is 2. The van der Waals surface area contributed by atoms with Crippen LogP contribution in [0.4, 0.5) is 15.9 Å². The Bertz CT molecular complexity index is 619. The zero-order chi connectivity index (χ0) is 13.8. The molecule has 0 aliphatic heterocycles. The lowest BCUT2D eigenvalue weighted by atomic mass is 10.2. The van der Waals surface area contributed by atoms with Crippen LogP contribution in [-0.4, -0.2) is 18.1 Å². The van der Waals surface area contributed by atoms with E-state index in [-0.39, 0.29) is 22.2 Å². The van der Waals surface area contributed by atoms with E-state index >= 15 is 0 Å².